The summed E-state index contributed by atoms with van der Waals surface area (Å²) in [6.45, 7) is 4.12. The predicted octanol–water partition coefficient (Wildman–Crippen LogP) is 1.96. The largest absolute Gasteiger partial charge is 0.325 e. The molecule has 2 aromatic rings. The van der Waals surface area contributed by atoms with Gasteiger partial charge in [0.05, 0.1) is 5.69 Å². The van der Waals surface area contributed by atoms with Gasteiger partial charge in [-0.2, -0.15) is 0 Å². The molecule has 0 atom stereocenters. The summed E-state index contributed by atoms with van der Waals surface area (Å²) in [5, 5.41) is 0. The van der Waals surface area contributed by atoms with Gasteiger partial charge in [0.1, 0.15) is 4.90 Å². The van der Waals surface area contributed by atoms with Crippen LogP contribution in [0.2, 0.25) is 0 Å². The van der Waals surface area contributed by atoms with Crippen LogP contribution in [0.25, 0.3) is 0 Å². The molecule has 0 unspecified atom stereocenters. The maximum Gasteiger partial charge on any atom is 0.263 e. The van der Waals surface area contributed by atoms with E-state index in [2.05, 4.69) is 9.71 Å². The first-order valence-corrected chi connectivity index (χ1v) is 7.65. The van der Waals surface area contributed by atoms with E-state index >= 15 is 0 Å². The number of nitrogens with zero attached hydrogens (tertiary/aromatic N) is 1. The molecule has 6 heteroatoms. The fourth-order valence-electron chi connectivity index (χ4n) is 1.94. The van der Waals surface area contributed by atoms with E-state index in [0.29, 0.717) is 11.4 Å². The molecule has 0 aliphatic carbocycles. The minimum Gasteiger partial charge on any atom is -0.325 e. The number of sulfonamides is 1. The molecule has 106 valence electrons. The Kier molecular flexibility index (Phi) is 4.06. The van der Waals surface area contributed by atoms with Gasteiger partial charge in [0.2, 0.25) is 0 Å². The summed E-state index contributed by atoms with van der Waals surface area (Å²) >= 11 is 0. The molecule has 3 N–H and O–H groups in total. The second kappa shape index (κ2) is 5.60. The van der Waals surface area contributed by atoms with Gasteiger partial charge in [-0.15, -0.1) is 0 Å². The molecule has 2 rings (SSSR count). The number of nitrogens with two attached hydrogens (primary N) is 1. The third-order valence-corrected chi connectivity index (χ3v) is 4.16. The summed E-state index contributed by atoms with van der Waals surface area (Å²) in [4.78, 5) is 4.12. The van der Waals surface area contributed by atoms with Gasteiger partial charge in [-0.25, -0.2) is 8.42 Å². The number of benzene rings is 1. The molecule has 1 heterocycles. The van der Waals surface area contributed by atoms with E-state index in [1.165, 1.54) is 12.3 Å². The quantitative estimate of drug-likeness (QED) is 0.901. The summed E-state index contributed by atoms with van der Waals surface area (Å²) in [5.41, 5.74) is 8.63. The number of aryl methyl sites for hydroxylation is 2. The first-order chi connectivity index (χ1) is 9.40. The molecule has 0 bridgehead atoms. The fraction of sp³-hybridized carbons (Fsp3) is 0.214. The number of pyridine rings is 1. The smallest absolute Gasteiger partial charge is 0.263 e. The van der Waals surface area contributed by atoms with Crippen molar-refractivity contribution >= 4 is 15.7 Å². The van der Waals surface area contributed by atoms with Gasteiger partial charge in [-0.3, -0.25) is 9.71 Å². The van der Waals surface area contributed by atoms with E-state index in [1.54, 1.807) is 18.2 Å². The van der Waals surface area contributed by atoms with E-state index in [-0.39, 0.29) is 11.4 Å². The Hall–Kier alpha value is -1.92. The number of nitrogens with one attached hydrogen (secondary N) is 1. The van der Waals surface area contributed by atoms with Crippen LogP contribution in [0, 0.1) is 13.8 Å². The second-order valence-corrected chi connectivity index (χ2v) is 6.35. The van der Waals surface area contributed by atoms with Gasteiger partial charge in [-0.1, -0.05) is 6.07 Å². The maximum atomic E-state index is 12.2. The third-order valence-electron chi connectivity index (χ3n) is 2.79. The third kappa shape index (κ3) is 3.34. The summed E-state index contributed by atoms with van der Waals surface area (Å²) in [7, 11) is -3.63. The van der Waals surface area contributed by atoms with Crippen molar-refractivity contribution in [2.75, 3.05) is 4.72 Å². The van der Waals surface area contributed by atoms with Crippen molar-refractivity contribution in [3.63, 3.8) is 0 Å². The van der Waals surface area contributed by atoms with E-state index in [0.717, 1.165) is 11.1 Å². The number of hydrogen-bond donors (Lipinski definition) is 2. The van der Waals surface area contributed by atoms with E-state index in [9.17, 15) is 8.42 Å². The SMILES string of the molecule is Cc1cc(C)cc(NS(=O)(=O)c2ccc(CN)nc2)c1. The van der Waals surface area contributed by atoms with Crippen LogP contribution < -0.4 is 10.5 Å². The van der Waals surface area contributed by atoms with Crippen LogP contribution in [0.3, 0.4) is 0 Å². The van der Waals surface area contributed by atoms with Crippen molar-refractivity contribution in [2.45, 2.75) is 25.3 Å². The number of hydrogen-bond acceptors (Lipinski definition) is 4. The molecule has 1 aromatic heterocycles. The zero-order valence-corrected chi connectivity index (χ0v) is 12.2. The van der Waals surface area contributed by atoms with Gasteiger partial charge in [-0.05, 0) is 49.2 Å². The van der Waals surface area contributed by atoms with E-state index in [4.69, 9.17) is 5.73 Å². The highest BCUT2D eigenvalue weighted by molar-refractivity contribution is 7.92. The molecule has 0 aliphatic rings. The lowest BCUT2D eigenvalue weighted by atomic mass is 10.1. The highest BCUT2D eigenvalue weighted by Gasteiger charge is 2.14. The van der Waals surface area contributed by atoms with Gasteiger partial charge in [0, 0.05) is 18.4 Å². The van der Waals surface area contributed by atoms with Crippen LogP contribution >= 0.6 is 0 Å². The predicted molar refractivity (Wildman–Crippen MR) is 78.9 cm³/mol. The summed E-state index contributed by atoms with van der Waals surface area (Å²) in [6, 6.07) is 8.66. The molecule has 0 radical (unpaired) electrons. The maximum absolute atomic E-state index is 12.2. The van der Waals surface area contributed by atoms with Crippen LogP contribution in [-0.2, 0) is 16.6 Å². The number of rotatable bonds is 4. The molecule has 0 fully saturated rings. The van der Waals surface area contributed by atoms with Gasteiger partial charge >= 0.3 is 0 Å². The molecule has 0 amide bonds. The molecule has 0 aliphatic heterocycles. The Morgan fingerprint density at radius 1 is 1.15 bits per heavy atom. The van der Waals surface area contributed by atoms with Crippen molar-refractivity contribution < 1.29 is 8.42 Å². The average Bonchev–Trinajstić information content (AvgIpc) is 2.37. The molecule has 0 saturated heterocycles. The standard InChI is InChI=1S/C14H17N3O2S/c1-10-5-11(2)7-13(6-10)17-20(18,19)14-4-3-12(8-15)16-9-14/h3-7,9,17H,8,15H2,1-2H3. The highest BCUT2D eigenvalue weighted by Crippen LogP contribution is 2.18. The van der Waals surface area contributed by atoms with Gasteiger partial charge in [0.15, 0.2) is 0 Å². The lowest BCUT2D eigenvalue weighted by Crippen LogP contribution is -2.14. The van der Waals surface area contributed by atoms with Crippen molar-refractivity contribution in [1.82, 2.24) is 4.98 Å². The van der Waals surface area contributed by atoms with Crippen LogP contribution in [0.5, 0.6) is 0 Å². The first kappa shape index (κ1) is 14.5. The summed E-state index contributed by atoms with van der Waals surface area (Å²) in [5.74, 6) is 0. The average molecular weight is 291 g/mol. The van der Waals surface area contributed by atoms with Crippen molar-refractivity contribution in [1.29, 1.82) is 0 Å². The van der Waals surface area contributed by atoms with Gasteiger partial charge in [0.25, 0.3) is 10.0 Å². The highest BCUT2D eigenvalue weighted by atomic mass is 32.2. The van der Waals surface area contributed by atoms with Crippen LogP contribution in [0.4, 0.5) is 5.69 Å². The lowest BCUT2D eigenvalue weighted by Gasteiger charge is -2.10. The molecule has 20 heavy (non-hydrogen) atoms. The molecular weight excluding hydrogens is 274 g/mol. The van der Waals surface area contributed by atoms with Crippen LogP contribution in [-0.4, -0.2) is 13.4 Å². The lowest BCUT2D eigenvalue weighted by molar-refractivity contribution is 0.600. The van der Waals surface area contributed by atoms with Crippen molar-refractivity contribution in [2.24, 2.45) is 5.73 Å². The topological polar surface area (TPSA) is 85.1 Å². The fourth-order valence-corrected chi connectivity index (χ4v) is 2.92. The first-order valence-electron chi connectivity index (χ1n) is 6.17. The Bertz CT molecular complexity index is 689. The summed E-state index contributed by atoms with van der Waals surface area (Å²) in [6.07, 6.45) is 1.31. The molecule has 0 spiro atoms. The van der Waals surface area contributed by atoms with Crippen molar-refractivity contribution in [3.05, 3.63) is 53.3 Å². The summed E-state index contributed by atoms with van der Waals surface area (Å²) < 4.78 is 27.0. The zero-order chi connectivity index (χ0) is 14.8. The minimum absolute atomic E-state index is 0.119. The number of aromatic nitrogens is 1. The van der Waals surface area contributed by atoms with Crippen LogP contribution in [0.1, 0.15) is 16.8 Å². The molecule has 0 saturated carbocycles. The van der Waals surface area contributed by atoms with Crippen molar-refractivity contribution in [3.8, 4) is 0 Å². The Morgan fingerprint density at radius 2 is 1.80 bits per heavy atom. The zero-order valence-electron chi connectivity index (χ0n) is 11.4. The van der Waals surface area contributed by atoms with E-state index in [1.807, 2.05) is 19.9 Å². The van der Waals surface area contributed by atoms with Gasteiger partial charge < -0.3 is 5.73 Å². The molecule has 5 nitrogen and oxygen atoms in total. The Labute approximate surface area is 118 Å². The Balaban J connectivity index is 2.30. The number of anilines is 1. The molecular formula is C14H17N3O2S. The monoisotopic (exact) mass is 291 g/mol. The van der Waals surface area contributed by atoms with Crippen LogP contribution in [0.15, 0.2) is 41.4 Å². The Morgan fingerprint density at radius 3 is 2.30 bits per heavy atom. The minimum atomic E-state index is -3.63. The van der Waals surface area contributed by atoms with E-state index < -0.39 is 10.0 Å². The second-order valence-electron chi connectivity index (χ2n) is 4.67. The molecule has 1 aromatic carbocycles. The normalized spacial score (nSPS) is 11.3.